The highest BCUT2D eigenvalue weighted by molar-refractivity contribution is 6.41. The minimum Gasteiger partial charge on any atom is -0.512 e. The molecule has 0 radical (unpaired) electrons. The Morgan fingerprint density at radius 2 is 2.00 bits per heavy atom. The first kappa shape index (κ1) is 20.0. The van der Waals surface area contributed by atoms with Crippen LogP contribution in [0.3, 0.4) is 0 Å². The summed E-state index contributed by atoms with van der Waals surface area (Å²) >= 11 is 12.1. The Kier molecular flexibility index (Phi) is 7.74. The highest BCUT2D eigenvalue weighted by Crippen LogP contribution is 2.34. The van der Waals surface area contributed by atoms with E-state index in [4.69, 9.17) is 27.9 Å². The number of aliphatic hydroxyl groups is 1. The Morgan fingerprint density at radius 3 is 2.54 bits per heavy atom. The van der Waals surface area contributed by atoms with Crippen molar-refractivity contribution in [2.24, 2.45) is 4.99 Å². The molecule has 0 aliphatic carbocycles. The van der Waals surface area contributed by atoms with E-state index in [1.54, 1.807) is 0 Å². The smallest absolute Gasteiger partial charge is 0.343 e. The number of benzene rings is 1. The van der Waals surface area contributed by atoms with Crippen LogP contribution >= 0.6 is 23.2 Å². The van der Waals surface area contributed by atoms with E-state index in [2.05, 4.69) is 9.73 Å². The number of carbonyl (C=O) groups excluding carboxylic acids is 2. The zero-order valence-electron chi connectivity index (χ0n) is 13.4. The lowest BCUT2D eigenvalue weighted by atomic mass is 10.2. The summed E-state index contributed by atoms with van der Waals surface area (Å²) < 4.78 is 9.57. The number of esters is 2. The van der Waals surface area contributed by atoms with Crippen molar-refractivity contribution in [2.75, 3.05) is 13.7 Å². The Labute approximate surface area is 149 Å². The van der Waals surface area contributed by atoms with Gasteiger partial charge in [0.15, 0.2) is 0 Å². The van der Waals surface area contributed by atoms with Crippen molar-refractivity contribution in [3.05, 3.63) is 39.1 Å². The van der Waals surface area contributed by atoms with Crippen LogP contribution in [0.2, 0.25) is 10.0 Å². The molecular weight excluding hydrogens is 357 g/mol. The molecule has 0 bridgehead atoms. The Bertz CT molecular complexity index is 694. The molecule has 0 aliphatic heterocycles. The summed E-state index contributed by atoms with van der Waals surface area (Å²) in [7, 11) is 1.20. The first-order valence-electron chi connectivity index (χ1n) is 7.00. The first-order chi connectivity index (χ1) is 11.3. The lowest BCUT2D eigenvalue weighted by molar-refractivity contribution is -0.138. The summed E-state index contributed by atoms with van der Waals surface area (Å²) in [6.45, 7) is 3.40. The molecule has 0 unspecified atom stereocenters. The molecule has 8 heteroatoms. The van der Waals surface area contributed by atoms with E-state index in [0.29, 0.717) is 6.42 Å². The SMILES string of the molecule is CCCOC(=O)C(C=Nc1ccc(Cl)c(C(=O)OC)c1Cl)=C(C)O. The van der Waals surface area contributed by atoms with Crippen LogP contribution in [0.15, 0.2) is 28.5 Å². The van der Waals surface area contributed by atoms with Crippen molar-refractivity contribution >= 4 is 47.0 Å². The van der Waals surface area contributed by atoms with Gasteiger partial charge in [-0.25, -0.2) is 9.59 Å². The van der Waals surface area contributed by atoms with E-state index in [9.17, 15) is 14.7 Å². The van der Waals surface area contributed by atoms with Crippen molar-refractivity contribution < 1.29 is 24.2 Å². The number of methoxy groups -OCH3 is 1. The molecule has 0 saturated heterocycles. The number of rotatable bonds is 6. The third kappa shape index (κ3) is 4.97. The van der Waals surface area contributed by atoms with Gasteiger partial charge in [-0.05, 0) is 25.5 Å². The largest absolute Gasteiger partial charge is 0.512 e. The van der Waals surface area contributed by atoms with Gasteiger partial charge in [0.1, 0.15) is 11.3 Å². The lowest BCUT2D eigenvalue weighted by Gasteiger charge is -2.08. The molecule has 1 N–H and O–H groups in total. The Hall–Kier alpha value is -2.05. The van der Waals surface area contributed by atoms with Gasteiger partial charge in [0, 0.05) is 6.21 Å². The van der Waals surface area contributed by atoms with E-state index >= 15 is 0 Å². The number of aliphatic imine (C=N–C) groups is 1. The van der Waals surface area contributed by atoms with Crippen LogP contribution in [0.5, 0.6) is 0 Å². The summed E-state index contributed by atoms with van der Waals surface area (Å²) in [5.74, 6) is -1.67. The zero-order valence-corrected chi connectivity index (χ0v) is 14.9. The van der Waals surface area contributed by atoms with Crippen LogP contribution in [0, 0.1) is 0 Å². The molecule has 6 nitrogen and oxygen atoms in total. The topological polar surface area (TPSA) is 85.2 Å². The minimum atomic E-state index is -0.710. The number of hydrogen-bond acceptors (Lipinski definition) is 6. The van der Waals surface area contributed by atoms with E-state index in [1.807, 2.05) is 6.92 Å². The second-order valence-corrected chi connectivity index (χ2v) is 5.43. The van der Waals surface area contributed by atoms with E-state index in [-0.39, 0.29) is 39.2 Å². The third-order valence-electron chi connectivity index (χ3n) is 2.84. The van der Waals surface area contributed by atoms with Crippen LogP contribution in [0.1, 0.15) is 30.6 Å². The second kappa shape index (κ2) is 9.30. The van der Waals surface area contributed by atoms with Gasteiger partial charge in [-0.2, -0.15) is 0 Å². The lowest BCUT2D eigenvalue weighted by Crippen LogP contribution is -2.11. The molecule has 1 aromatic carbocycles. The summed E-state index contributed by atoms with van der Waals surface area (Å²) in [4.78, 5) is 27.6. The van der Waals surface area contributed by atoms with Crippen LogP contribution < -0.4 is 0 Å². The molecule has 130 valence electrons. The summed E-state index contributed by atoms with van der Waals surface area (Å²) in [5, 5.41) is 9.70. The van der Waals surface area contributed by atoms with Gasteiger partial charge >= 0.3 is 11.9 Å². The van der Waals surface area contributed by atoms with E-state index < -0.39 is 11.9 Å². The maximum absolute atomic E-state index is 11.9. The average Bonchev–Trinajstić information content (AvgIpc) is 2.54. The second-order valence-electron chi connectivity index (χ2n) is 4.64. The van der Waals surface area contributed by atoms with Crippen molar-refractivity contribution in [3.8, 4) is 0 Å². The molecule has 0 fully saturated rings. The fourth-order valence-corrected chi connectivity index (χ4v) is 2.20. The molecule has 0 aromatic heterocycles. The summed E-state index contributed by atoms with van der Waals surface area (Å²) in [6.07, 6.45) is 1.76. The highest BCUT2D eigenvalue weighted by atomic mass is 35.5. The standard InChI is InChI=1S/C16H17Cl2NO5/c1-4-7-24-15(21)10(9(2)20)8-19-12-6-5-11(17)13(14(12)18)16(22)23-3/h5-6,8,20H,4,7H2,1-3H3. The monoisotopic (exact) mass is 373 g/mol. The molecular formula is C16H17Cl2NO5. The quantitative estimate of drug-likeness (QED) is 0.348. The van der Waals surface area contributed by atoms with Gasteiger partial charge in [0.2, 0.25) is 0 Å². The van der Waals surface area contributed by atoms with Crippen molar-refractivity contribution in [3.63, 3.8) is 0 Å². The Balaban J connectivity index is 3.19. The van der Waals surface area contributed by atoms with Crippen LogP contribution in [-0.2, 0) is 14.3 Å². The molecule has 1 aromatic rings. The number of hydrogen-bond donors (Lipinski definition) is 1. The predicted octanol–water partition coefficient (Wildman–Crippen LogP) is 4.27. The van der Waals surface area contributed by atoms with Crippen molar-refractivity contribution in [1.29, 1.82) is 0 Å². The van der Waals surface area contributed by atoms with Crippen LogP contribution in [0.25, 0.3) is 0 Å². The number of halogens is 2. The molecule has 0 aliphatic rings. The third-order valence-corrected chi connectivity index (χ3v) is 3.54. The summed E-state index contributed by atoms with van der Waals surface area (Å²) in [5.41, 5.74) is 0.0351. The maximum atomic E-state index is 11.9. The van der Waals surface area contributed by atoms with Crippen molar-refractivity contribution in [1.82, 2.24) is 0 Å². The normalized spacial score (nSPS) is 12.0. The molecule has 1 rings (SSSR count). The number of allylic oxidation sites excluding steroid dienone is 1. The first-order valence-corrected chi connectivity index (χ1v) is 7.76. The number of ether oxygens (including phenoxy) is 2. The highest BCUT2D eigenvalue weighted by Gasteiger charge is 2.19. The zero-order chi connectivity index (χ0) is 18.3. The predicted molar refractivity (Wildman–Crippen MR) is 92.5 cm³/mol. The fourth-order valence-electron chi connectivity index (χ4n) is 1.63. The van der Waals surface area contributed by atoms with Gasteiger partial charge in [0.05, 0.1) is 35.0 Å². The van der Waals surface area contributed by atoms with Crippen LogP contribution in [0.4, 0.5) is 5.69 Å². The average molecular weight is 374 g/mol. The number of aliphatic hydroxyl groups excluding tert-OH is 1. The number of carbonyl (C=O) groups is 2. The molecule has 0 amide bonds. The molecule has 0 heterocycles. The van der Waals surface area contributed by atoms with Gasteiger partial charge in [-0.3, -0.25) is 4.99 Å². The molecule has 0 atom stereocenters. The fraction of sp³-hybridized carbons (Fsp3) is 0.312. The van der Waals surface area contributed by atoms with Gasteiger partial charge < -0.3 is 14.6 Å². The van der Waals surface area contributed by atoms with Gasteiger partial charge in [-0.15, -0.1) is 0 Å². The Morgan fingerprint density at radius 1 is 1.33 bits per heavy atom. The number of nitrogens with zero attached hydrogens (tertiary/aromatic N) is 1. The molecule has 24 heavy (non-hydrogen) atoms. The minimum absolute atomic E-state index is 0.0255. The van der Waals surface area contributed by atoms with Crippen molar-refractivity contribution in [2.45, 2.75) is 20.3 Å². The van der Waals surface area contributed by atoms with Gasteiger partial charge in [0.25, 0.3) is 0 Å². The maximum Gasteiger partial charge on any atom is 0.343 e. The van der Waals surface area contributed by atoms with Gasteiger partial charge in [-0.1, -0.05) is 30.1 Å². The summed E-state index contributed by atoms with van der Waals surface area (Å²) in [6, 6.07) is 2.90. The van der Waals surface area contributed by atoms with Crippen LogP contribution in [-0.4, -0.2) is 37.0 Å². The van der Waals surface area contributed by atoms with E-state index in [0.717, 1.165) is 6.21 Å². The molecule has 0 spiro atoms. The molecule has 0 saturated carbocycles. The van der Waals surface area contributed by atoms with E-state index in [1.165, 1.54) is 26.2 Å².